The maximum absolute atomic E-state index is 12.4. The van der Waals surface area contributed by atoms with Crippen molar-refractivity contribution in [1.29, 1.82) is 0 Å². The van der Waals surface area contributed by atoms with Gasteiger partial charge < -0.3 is 0 Å². The van der Waals surface area contributed by atoms with E-state index in [1.54, 1.807) is 0 Å². The molecule has 2 rings (SSSR count). The molecule has 0 amide bonds. The molecule has 2 saturated carbocycles. The second kappa shape index (κ2) is 5.59. The van der Waals surface area contributed by atoms with E-state index in [2.05, 4.69) is 40.5 Å². The summed E-state index contributed by atoms with van der Waals surface area (Å²) >= 11 is 0. The molecule has 1 nitrogen and oxygen atoms in total. The van der Waals surface area contributed by atoms with Crippen LogP contribution < -0.4 is 0 Å². The number of carbonyl (C=O) groups is 1. The molecule has 21 heavy (non-hydrogen) atoms. The van der Waals surface area contributed by atoms with E-state index in [1.807, 2.05) is 6.08 Å². The quantitative estimate of drug-likeness (QED) is 0.493. The van der Waals surface area contributed by atoms with E-state index in [1.165, 1.54) is 5.57 Å². The van der Waals surface area contributed by atoms with Crippen LogP contribution in [0.15, 0.2) is 37.0 Å². The summed E-state index contributed by atoms with van der Waals surface area (Å²) in [6.45, 7) is 18.9. The summed E-state index contributed by atoms with van der Waals surface area (Å²) in [5.74, 6) is 1.45. The highest BCUT2D eigenvalue weighted by Crippen LogP contribution is 2.60. The molecule has 2 aliphatic rings. The highest BCUT2D eigenvalue weighted by Gasteiger charge is 2.55. The van der Waals surface area contributed by atoms with Gasteiger partial charge in [-0.3, -0.25) is 4.79 Å². The zero-order valence-corrected chi connectivity index (χ0v) is 14.0. The Morgan fingerprint density at radius 3 is 2.62 bits per heavy atom. The van der Waals surface area contributed by atoms with E-state index < -0.39 is 0 Å². The first-order chi connectivity index (χ1) is 9.73. The Morgan fingerprint density at radius 1 is 1.33 bits per heavy atom. The van der Waals surface area contributed by atoms with Gasteiger partial charge in [0.05, 0.1) is 0 Å². The van der Waals surface area contributed by atoms with Gasteiger partial charge in [-0.25, -0.2) is 0 Å². The van der Waals surface area contributed by atoms with Gasteiger partial charge in [-0.05, 0) is 49.4 Å². The number of hydrogen-bond donors (Lipinski definition) is 0. The third kappa shape index (κ3) is 2.67. The van der Waals surface area contributed by atoms with Crippen molar-refractivity contribution >= 4 is 5.78 Å². The van der Waals surface area contributed by atoms with Crippen molar-refractivity contribution in [2.24, 2.45) is 22.7 Å². The van der Waals surface area contributed by atoms with Crippen LogP contribution in [0.2, 0.25) is 0 Å². The Bertz CT molecular complexity index is 482. The van der Waals surface area contributed by atoms with Gasteiger partial charge in [0.25, 0.3) is 0 Å². The van der Waals surface area contributed by atoms with Crippen LogP contribution in [-0.2, 0) is 4.79 Å². The summed E-state index contributed by atoms with van der Waals surface area (Å²) in [6, 6.07) is 0. The summed E-state index contributed by atoms with van der Waals surface area (Å²) in [4.78, 5) is 12.4. The summed E-state index contributed by atoms with van der Waals surface area (Å²) < 4.78 is 0. The van der Waals surface area contributed by atoms with Gasteiger partial charge in [0.2, 0.25) is 0 Å². The van der Waals surface area contributed by atoms with E-state index in [-0.39, 0.29) is 10.8 Å². The summed E-state index contributed by atoms with van der Waals surface area (Å²) in [5.41, 5.74) is 2.53. The van der Waals surface area contributed by atoms with Crippen molar-refractivity contribution < 1.29 is 4.79 Å². The second-order valence-electron chi connectivity index (χ2n) is 7.85. The standard InChI is InChI=1S/C20H30O/c1-7-14(2)8-10-16-15(3)9-11-17-19(4,5)18(21)12-13-20(16,17)6/h7,16-17H,1-3,8-13H2,4-6H3/t16-,17-,20-/m0/s1. The molecule has 0 spiro atoms. The average Bonchev–Trinajstić information content (AvgIpc) is 2.42. The molecule has 0 heterocycles. The number of fused-ring (bicyclic) bond motifs is 1. The van der Waals surface area contributed by atoms with Gasteiger partial charge >= 0.3 is 0 Å². The fourth-order valence-electron chi connectivity index (χ4n) is 4.94. The van der Waals surface area contributed by atoms with E-state index in [0.29, 0.717) is 17.6 Å². The Kier molecular flexibility index (Phi) is 4.33. The Labute approximate surface area is 130 Å². The number of rotatable bonds is 4. The van der Waals surface area contributed by atoms with Crippen LogP contribution in [0, 0.1) is 22.7 Å². The third-order valence-corrected chi connectivity index (χ3v) is 6.36. The molecule has 0 N–H and O–H groups in total. The first-order valence-electron chi connectivity index (χ1n) is 8.24. The van der Waals surface area contributed by atoms with E-state index in [0.717, 1.165) is 44.1 Å². The minimum atomic E-state index is -0.179. The van der Waals surface area contributed by atoms with Crippen molar-refractivity contribution in [3.63, 3.8) is 0 Å². The number of Topliss-reactive ketones (excluding diaryl/α,β-unsaturated/α-hetero) is 1. The SMILES string of the molecule is C=CC(=C)CC[C@H]1C(=C)CC[C@H]2C(C)(C)C(=O)CC[C@@]12C. The largest absolute Gasteiger partial charge is 0.299 e. The maximum atomic E-state index is 12.4. The molecular weight excluding hydrogens is 256 g/mol. The number of carbonyl (C=O) groups excluding carboxylic acids is 1. The number of ketones is 1. The molecule has 0 radical (unpaired) electrons. The molecular formula is C20H30O. The van der Waals surface area contributed by atoms with E-state index >= 15 is 0 Å². The summed E-state index contributed by atoms with van der Waals surface area (Å²) in [6.07, 6.45) is 7.89. The molecule has 0 bridgehead atoms. The monoisotopic (exact) mass is 286 g/mol. The van der Waals surface area contributed by atoms with Crippen LogP contribution in [0.5, 0.6) is 0 Å². The molecule has 3 atom stereocenters. The molecule has 0 saturated heterocycles. The lowest BCUT2D eigenvalue weighted by Crippen LogP contribution is -2.53. The molecule has 1 heteroatoms. The van der Waals surface area contributed by atoms with Gasteiger partial charge in [0, 0.05) is 11.8 Å². The highest BCUT2D eigenvalue weighted by molar-refractivity contribution is 5.85. The Morgan fingerprint density at radius 2 is 2.00 bits per heavy atom. The fraction of sp³-hybridized carbons (Fsp3) is 0.650. The van der Waals surface area contributed by atoms with Crippen molar-refractivity contribution in [3.05, 3.63) is 37.0 Å². The normalized spacial score (nSPS) is 35.2. The molecule has 0 aromatic heterocycles. The summed E-state index contributed by atoms with van der Waals surface area (Å²) in [7, 11) is 0. The molecule has 2 aliphatic carbocycles. The van der Waals surface area contributed by atoms with Crippen LogP contribution in [0.3, 0.4) is 0 Å². The number of hydrogen-bond acceptors (Lipinski definition) is 1. The Balaban J connectivity index is 2.27. The first-order valence-corrected chi connectivity index (χ1v) is 8.24. The average molecular weight is 286 g/mol. The topological polar surface area (TPSA) is 17.1 Å². The van der Waals surface area contributed by atoms with Crippen LogP contribution in [0.25, 0.3) is 0 Å². The minimum Gasteiger partial charge on any atom is -0.299 e. The molecule has 2 fully saturated rings. The van der Waals surface area contributed by atoms with Gasteiger partial charge in [-0.15, -0.1) is 0 Å². The van der Waals surface area contributed by atoms with Crippen LogP contribution in [-0.4, -0.2) is 5.78 Å². The van der Waals surface area contributed by atoms with Gasteiger partial charge in [0.1, 0.15) is 5.78 Å². The van der Waals surface area contributed by atoms with Gasteiger partial charge in [-0.1, -0.05) is 57.7 Å². The lowest BCUT2D eigenvalue weighted by Gasteiger charge is -2.57. The number of allylic oxidation sites excluding steroid dienone is 3. The zero-order chi connectivity index (χ0) is 15.8. The van der Waals surface area contributed by atoms with Crippen molar-refractivity contribution in [2.75, 3.05) is 0 Å². The Hall–Kier alpha value is -1.11. The smallest absolute Gasteiger partial charge is 0.138 e. The van der Waals surface area contributed by atoms with E-state index in [4.69, 9.17) is 0 Å². The molecule has 0 aliphatic heterocycles. The van der Waals surface area contributed by atoms with Crippen LogP contribution in [0.1, 0.15) is 59.3 Å². The third-order valence-electron chi connectivity index (χ3n) is 6.36. The van der Waals surface area contributed by atoms with Crippen molar-refractivity contribution in [1.82, 2.24) is 0 Å². The van der Waals surface area contributed by atoms with Gasteiger partial charge in [0.15, 0.2) is 0 Å². The predicted molar refractivity (Wildman–Crippen MR) is 90.1 cm³/mol. The van der Waals surface area contributed by atoms with Crippen LogP contribution >= 0.6 is 0 Å². The second-order valence-corrected chi connectivity index (χ2v) is 7.85. The zero-order valence-electron chi connectivity index (χ0n) is 14.0. The fourth-order valence-corrected chi connectivity index (χ4v) is 4.94. The lowest BCUT2D eigenvalue weighted by atomic mass is 9.47. The summed E-state index contributed by atoms with van der Waals surface area (Å²) in [5, 5.41) is 0. The molecule has 116 valence electrons. The molecule has 0 aromatic carbocycles. The maximum Gasteiger partial charge on any atom is 0.138 e. The van der Waals surface area contributed by atoms with E-state index in [9.17, 15) is 4.79 Å². The van der Waals surface area contributed by atoms with Crippen molar-refractivity contribution in [3.8, 4) is 0 Å². The van der Waals surface area contributed by atoms with Gasteiger partial charge in [-0.2, -0.15) is 0 Å². The minimum absolute atomic E-state index is 0.179. The van der Waals surface area contributed by atoms with Crippen LogP contribution in [0.4, 0.5) is 0 Å². The molecule has 0 unspecified atom stereocenters. The highest BCUT2D eigenvalue weighted by atomic mass is 16.1. The first kappa shape index (κ1) is 16.3. The van der Waals surface area contributed by atoms with Crippen molar-refractivity contribution in [2.45, 2.75) is 59.3 Å². The lowest BCUT2D eigenvalue weighted by molar-refractivity contribution is -0.144. The molecule has 0 aromatic rings. The predicted octanol–water partition coefficient (Wildman–Crippen LogP) is 5.49.